The van der Waals surface area contributed by atoms with Crippen molar-refractivity contribution in [3.8, 4) is 0 Å². The molecule has 7 heteroatoms. The van der Waals surface area contributed by atoms with E-state index < -0.39 is 11.7 Å². The van der Waals surface area contributed by atoms with Gasteiger partial charge in [0.15, 0.2) is 0 Å². The van der Waals surface area contributed by atoms with Gasteiger partial charge in [0, 0.05) is 28.7 Å². The van der Waals surface area contributed by atoms with E-state index in [1.54, 1.807) is 6.07 Å². The van der Waals surface area contributed by atoms with Crippen molar-refractivity contribution in [1.82, 2.24) is 10.6 Å². The summed E-state index contributed by atoms with van der Waals surface area (Å²) < 4.78 is 39.5. The van der Waals surface area contributed by atoms with Crippen LogP contribution in [0.3, 0.4) is 0 Å². The van der Waals surface area contributed by atoms with Gasteiger partial charge in [-0.05, 0) is 69.7 Å². The monoisotopic (exact) mass is 490 g/mol. The van der Waals surface area contributed by atoms with Crippen LogP contribution in [0.4, 0.5) is 13.2 Å². The maximum absolute atomic E-state index is 13.0. The Bertz CT molecular complexity index is 711. The number of hydrogen-bond acceptors (Lipinski definition) is 2. The van der Waals surface area contributed by atoms with Gasteiger partial charge in [-0.15, -0.1) is 0 Å². The molecule has 170 valence electrons. The third-order valence-corrected chi connectivity index (χ3v) is 5.11. The fourth-order valence-electron chi connectivity index (χ4n) is 3.25. The van der Waals surface area contributed by atoms with Gasteiger partial charge in [-0.1, -0.05) is 42.3 Å². The molecule has 1 aromatic carbocycles. The second-order valence-corrected chi connectivity index (χ2v) is 9.70. The zero-order chi connectivity index (χ0) is 22.9. The third-order valence-electron chi connectivity index (χ3n) is 4.66. The Labute approximate surface area is 187 Å². The molecule has 0 aliphatic carbocycles. The molecule has 1 rings (SSSR count). The van der Waals surface area contributed by atoms with Crippen molar-refractivity contribution in [1.29, 1.82) is 0 Å². The molecular formula is C23H34BrF3N2O. The lowest BCUT2D eigenvalue weighted by atomic mass is 9.96. The van der Waals surface area contributed by atoms with Crippen molar-refractivity contribution in [2.24, 2.45) is 5.92 Å². The number of alkyl halides is 3. The van der Waals surface area contributed by atoms with Gasteiger partial charge in [-0.25, -0.2) is 0 Å². The number of carbonyl (C=O) groups excluding carboxylic acids is 1. The Hall–Kier alpha value is -1.50. The summed E-state index contributed by atoms with van der Waals surface area (Å²) in [4.78, 5) is 11.9. The molecule has 3 nitrogen and oxygen atoms in total. The Balaban J connectivity index is 2.55. The molecule has 1 aromatic rings. The van der Waals surface area contributed by atoms with Gasteiger partial charge >= 0.3 is 6.18 Å². The molecule has 0 spiro atoms. The van der Waals surface area contributed by atoms with Crippen LogP contribution in [0.5, 0.6) is 0 Å². The first-order valence-corrected chi connectivity index (χ1v) is 11.2. The minimum Gasteiger partial charge on any atom is -0.385 e. The molecule has 1 unspecified atom stereocenters. The van der Waals surface area contributed by atoms with E-state index in [9.17, 15) is 18.0 Å². The summed E-state index contributed by atoms with van der Waals surface area (Å²) in [5, 5.41) is 6.17. The smallest absolute Gasteiger partial charge is 0.385 e. The van der Waals surface area contributed by atoms with E-state index in [4.69, 9.17) is 0 Å². The second-order valence-electron chi connectivity index (χ2n) is 8.78. The SMILES string of the molecule is C=C(NCC(CCC)CCCCC(=O)NC(C)(C)C)c1cc(Br)cc(C(F)(F)F)c1. The quantitative estimate of drug-likeness (QED) is 0.330. The fraction of sp³-hybridized carbons (Fsp3) is 0.609. The highest BCUT2D eigenvalue weighted by Gasteiger charge is 2.31. The minimum absolute atomic E-state index is 0.0659. The Kier molecular flexibility index (Phi) is 10.4. The number of unbranched alkanes of at least 4 members (excludes halogenated alkanes) is 1. The molecule has 0 radical (unpaired) electrons. The Morgan fingerprint density at radius 2 is 1.80 bits per heavy atom. The number of carbonyl (C=O) groups is 1. The van der Waals surface area contributed by atoms with Crippen LogP contribution in [0.1, 0.15) is 77.3 Å². The number of halogens is 4. The molecule has 30 heavy (non-hydrogen) atoms. The summed E-state index contributed by atoms with van der Waals surface area (Å²) in [6.07, 6.45) is 0.870. The van der Waals surface area contributed by atoms with E-state index in [-0.39, 0.29) is 11.4 Å². The molecule has 0 aromatic heterocycles. The number of nitrogens with one attached hydrogen (secondary N) is 2. The van der Waals surface area contributed by atoms with Crippen molar-refractivity contribution in [3.05, 3.63) is 40.4 Å². The number of hydrogen-bond donors (Lipinski definition) is 2. The van der Waals surface area contributed by atoms with E-state index in [1.165, 1.54) is 0 Å². The van der Waals surface area contributed by atoms with Crippen molar-refractivity contribution in [2.45, 2.75) is 77.9 Å². The maximum atomic E-state index is 13.0. The predicted molar refractivity (Wildman–Crippen MR) is 121 cm³/mol. The molecule has 0 aliphatic rings. The summed E-state index contributed by atoms with van der Waals surface area (Å²) in [6.45, 7) is 12.6. The van der Waals surface area contributed by atoms with Crippen LogP contribution in [-0.2, 0) is 11.0 Å². The van der Waals surface area contributed by atoms with Crippen molar-refractivity contribution >= 4 is 27.5 Å². The van der Waals surface area contributed by atoms with E-state index in [0.29, 0.717) is 34.6 Å². The highest BCUT2D eigenvalue weighted by atomic mass is 79.9. The molecule has 0 saturated carbocycles. The molecular weight excluding hydrogens is 457 g/mol. The first-order valence-electron chi connectivity index (χ1n) is 10.4. The zero-order valence-corrected chi connectivity index (χ0v) is 20.0. The molecule has 0 aliphatic heterocycles. The lowest BCUT2D eigenvalue weighted by Gasteiger charge is -2.21. The highest BCUT2D eigenvalue weighted by molar-refractivity contribution is 9.10. The third kappa shape index (κ3) is 10.5. The van der Waals surface area contributed by atoms with Gasteiger partial charge in [0.25, 0.3) is 0 Å². The zero-order valence-electron chi connectivity index (χ0n) is 18.4. The summed E-state index contributed by atoms with van der Waals surface area (Å²) in [5.41, 5.74) is -0.0171. The summed E-state index contributed by atoms with van der Waals surface area (Å²) in [6, 6.07) is 3.81. The van der Waals surface area contributed by atoms with Gasteiger partial charge in [-0.3, -0.25) is 4.79 Å². The molecule has 0 fully saturated rings. The summed E-state index contributed by atoms with van der Waals surface area (Å²) in [5.74, 6) is 0.447. The van der Waals surface area contributed by atoms with Gasteiger partial charge in [0.1, 0.15) is 0 Å². The van der Waals surface area contributed by atoms with Crippen LogP contribution in [0.15, 0.2) is 29.3 Å². The van der Waals surface area contributed by atoms with Crippen LogP contribution in [-0.4, -0.2) is 18.0 Å². The maximum Gasteiger partial charge on any atom is 0.416 e. The summed E-state index contributed by atoms with van der Waals surface area (Å²) >= 11 is 3.15. The predicted octanol–water partition coefficient (Wildman–Crippen LogP) is 6.92. The average Bonchev–Trinajstić information content (AvgIpc) is 2.60. The van der Waals surface area contributed by atoms with Crippen molar-refractivity contribution in [2.75, 3.05) is 6.54 Å². The molecule has 1 amide bonds. The molecule has 0 bridgehead atoms. The van der Waals surface area contributed by atoms with E-state index >= 15 is 0 Å². The van der Waals surface area contributed by atoms with Crippen LogP contribution in [0, 0.1) is 5.92 Å². The fourth-order valence-corrected chi connectivity index (χ4v) is 3.75. The number of benzene rings is 1. The summed E-state index contributed by atoms with van der Waals surface area (Å²) in [7, 11) is 0. The minimum atomic E-state index is -4.40. The molecule has 0 heterocycles. The van der Waals surface area contributed by atoms with E-state index in [2.05, 4.69) is 40.1 Å². The van der Waals surface area contributed by atoms with Crippen LogP contribution < -0.4 is 10.6 Å². The van der Waals surface area contributed by atoms with Crippen molar-refractivity contribution in [3.63, 3.8) is 0 Å². The lowest BCUT2D eigenvalue weighted by molar-refractivity contribution is -0.137. The van der Waals surface area contributed by atoms with Crippen LogP contribution in [0.25, 0.3) is 5.70 Å². The van der Waals surface area contributed by atoms with E-state index in [1.807, 2.05) is 20.8 Å². The number of rotatable bonds is 11. The largest absolute Gasteiger partial charge is 0.416 e. The lowest BCUT2D eigenvalue weighted by Crippen LogP contribution is -2.40. The number of amides is 1. The second kappa shape index (κ2) is 11.8. The molecule has 1 atom stereocenters. The highest BCUT2D eigenvalue weighted by Crippen LogP contribution is 2.33. The molecule has 2 N–H and O–H groups in total. The van der Waals surface area contributed by atoms with Gasteiger partial charge in [0.05, 0.1) is 5.56 Å². The standard InChI is InChI=1S/C23H34BrF3N2O/c1-6-9-17(10-7-8-11-21(30)29-22(3,4)5)15-28-16(2)18-12-19(23(25,26)27)14-20(24)13-18/h12-14,17,28H,2,6-11,15H2,1,3-5H3,(H,29,30). The molecule has 0 saturated heterocycles. The van der Waals surface area contributed by atoms with Crippen LogP contribution in [0.2, 0.25) is 0 Å². The Morgan fingerprint density at radius 3 is 2.37 bits per heavy atom. The van der Waals surface area contributed by atoms with Gasteiger partial charge in [-0.2, -0.15) is 13.2 Å². The van der Waals surface area contributed by atoms with Crippen molar-refractivity contribution < 1.29 is 18.0 Å². The normalized spacial score (nSPS) is 13.1. The Morgan fingerprint density at radius 1 is 1.13 bits per heavy atom. The average molecular weight is 491 g/mol. The van der Waals surface area contributed by atoms with Gasteiger partial charge in [0.2, 0.25) is 5.91 Å². The van der Waals surface area contributed by atoms with E-state index in [0.717, 1.165) is 44.2 Å². The van der Waals surface area contributed by atoms with Gasteiger partial charge < -0.3 is 10.6 Å². The first-order chi connectivity index (χ1) is 13.8. The topological polar surface area (TPSA) is 41.1 Å². The first kappa shape index (κ1) is 26.5. The van der Waals surface area contributed by atoms with Crippen LogP contribution >= 0.6 is 15.9 Å².